The van der Waals surface area contributed by atoms with Gasteiger partial charge in [-0.3, -0.25) is 9.52 Å². The van der Waals surface area contributed by atoms with Crippen molar-refractivity contribution >= 4 is 29.5 Å². The van der Waals surface area contributed by atoms with E-state index < -0.39 is 11.6 Å². The highest BCUT2D eigenvalue weighted by atomic mass is 32.2. The summed E-state index contributed by atoms with van der Waals surface area (Å²) in [6.45, 7) is 5.76. The van der Waals surface area contributed by atoms with Crippen LogP contribution in [0.2, 0.25) is 0 Å². The number of ether oxygens (including phenoxy) is 1. The first-order valence-corrected chi connectivity index (χ1v) is 14.6. The van der Waals surface area contributed by atoms with Crippen molar-refractivity contribution in [1.29, 1.82) is 0 Å². The van der Waals surface area contributed by atoms with Crippen LogP contribution in [-0.4, -0.2) is 57.1 Å². The fraction of sp³-hybridized carbons (Fsp3) is 0.500. The molecule has 3 aliphatic rings. The number of alkyl halides is 3. The predicted octanol–water partition coefficient (Wildman–Crippen LogP) is 5.63. The Bertz CT molecular complexity index is 1440. The van der Waals surface area contributed by atoms with E-state index >= 15 is 0 Å². The Labute approximate surface area is 240 Å². The lowest BCUT2D eigenvalue weighted by molar-refractivity contribution is -0.190. The Morgan fingerprint density at radius 3 is 2.76 bits per heavy atom. The highest BCUT2D eigenvalue weighted by molar-refractivity contribution is 7.97. The second-order valence-electron chi connectivity index (χ2n) is 11.6. The summed E-state index contributed by atoms with van der Waals surface area (Å²) < 4.78 is 49.7. The Balaban J connectivity index is 1.26. The van der Waals surface area contributed by atoms with Crippen LogP contribution in [0, 0.1) is 11.3 Å². The van der Waals surface area contributed by atoms with Gasteiger partial charge in [0, 0.05) is 42.8 Å². The summed E-state index contributed by atoms with van der Waals surface area (Å²) in [5.41, 5.74) is -1.43. The van der Waals surface area contributed by atoms with E-state index in [-0.39, 0.29) is 43.2 Å². The first-order chi connectivity index (χ1) is 19.5. The average Bonchev–Trinajstić information content (AvgIpc) is 3.48. The molecule has 218 valence electrons. The van der Waals surface area contributed by atoms with Crippen molar-refractivity contribution in [2.24, 2.45) is 11.3 Å². The quantitative estimate of drug-likeness (QED) is 0.371. The first-order valence-electron chi connectivity index (χ1n) is 13.8. The van der Waals surface area contributed by atoms with Crippen LogP contribution in [0.15, 0.2) is 47.6 Å². The lowest BCUT2D eigenvalue weighted by Gasteiger charge is -2.34. The Morgan fingerprint density at radius 1 is 1.15 bits per heavy atom. The van der Waals surface area contributed by atoms with Crippen LogP contribution in [0.5, 0.6) is 5.88 Å². The van der Waals surface area contributed by atoms with E-state index in [1.807, 2.05) is 18.2 Å². The molecule has 2 aliphatic heterocycles. The van der Waals surface area contributed by atoms with Gasteiger partial charge >= 0.3 is 6.18 Å². The number of carbonyl (C=O) groups is 1. The number of carbonyl (C=O) groups excluding carboxylic acids is 1. The molecule has 1 amide bonds. The molecule has 1 saturated heterocycles. The van der Waals surface area contributed by atoms with E-state index in [1.54, 1.807) is 24.4 Å². The van der Waals surface area contributed by atoms with Crippen molar-refractivity contribution in [2.45, 2.75) is 62.7 Å². The van der Waals surface area contributed by atoms with Crippen LogP contribution in [0.25, 0.3) is 5.82 Å². The molecular weight excluding hydrogens is 555 g/mol. The summed E-state index contributed by atoms with van der Waals surface area (Å²) in [4.78, 5) is 25.1. The van der Waals surface area contributed by atoms with E-state index in [2.05, 4.69) is 38.9 Å². The first kappa shape index (κ1) is 27.7. The lowest BCUT2D eigenvalue weighted by Crippen LogP contribution is -2.40. The maximum atomic E-state index is 13.4. The molecule has 6 rings (SSSR count). The van der Waals surface area contributed by atoms with Crippen LogP contribution in [0.3, 0.4) is 0 Å². The van der Waals surface area contributed by atoms with Crippen molar-refractivity contribution in [1.82, 2.24) is 24.5 Å². The average molecular weight is 588 g/mol. The zero-order chi connectivity index (χ0) is 28.8. The third-order valence-corrected chi connectivity index (χ3v) is 8.96. The molecule has 4 bridgehead atoms. The molecule has 0 spiro atoms. The van der Waals surface area contributed by atoms with Crippen LogP contribution in [-0.2, 0) is 0 Å². The molecule has 5 heterocycles. The van der Waals surface area contributed by atoms with Gasteiger partial charge in [0.15, 0.2) is 5.82 Å². The zero-order valence-electron chi connectivity index (χ0n) is 22.9. The topological polar surface area (TPSA) is 97.2 Å². The fourth-order valence-corrected chi connectivity index (χ4v) is 6.32. The van der Waals surface area contributed by atoms with Crippen LogP contribution >= 0.6 is 11.9 Å². The summed E-state index contributed by atoms with van der Waals surface area (Å²) in [6.07, 6.45) is -0.479. The maximum absolute atomic E-state index is 13.4. The van der Waals surface area contributed by atoms with E-state index in [4.69, 9.17) is 9.72 Å². The number of rotatable bonds is 5. The predicted molar refractivity (Wildman–Crippen MR) is 149 cm³/mol. The molecule has 0 aromatic carbocycles. The third kappa shape index (κ3) is 5.68. The molecule has 3 aromatic rings. The number of aromatic nitrogens is 4. The Hall–Kier alpha value is -3.48. The second-order valence-corrected chi connectivity index (χ2v) is 12.4. The van der Waals surface area contributed by atoms with Crippen molar-refractivity contribution in [2.75, 3.05) is 29.9 Å². The van der Waals surface area contributed by atoms with Crippen LogP contribution < -0.4 is 19.7 Å². The molecule has 1 unspecified atom stereocenters. The maximum Gasteiger partial charge on any atom is 0.394 e. The minimum absolute atomic E-state index is 0.0675. The summed E-state index contributed by atoms with van der Waals surface area (Å²) in [5.74, 6) is 2.13. The van der Waals surface area contributed by atoms with E-state index in [9.17, 15) is 18.0 Å². The zero-order valence-corrected chi connectivity index (χ0v) is 23.7. The van der Waals surface area contributed by atoms with Gasteiger partial charge in [0.1, 0.15) is 16.7 Å². The molecule has 1 aliphatic carbocycles. The lowest BCUT2D eigenvalue weighted by atomic mass is 9.94. The molecule has 13 heteroatoms. The molecule has 3 aromatic heterocycles. The normalized spacial score (nSPS) is 21.3. The van der Waals surface area contributed by atoms with E-state index in [1.165, 1.54) is 4.68 Å². The number of nitrogens with one attached hydrogen (secondary N) is 2. The molecule has 2 N–H and O–H groups in total. The van der Waals surface area contributed by atoms with Gasteiger partial charge in [-0.1, -0.05) is 6.07 Å². The van der Waals surface area contributed by atoms with Gasteiger partial charge in [0.2, 0.25) is 5.88 Å². The highest BCUT2D eigenvalue weighted by Gasteiger charge is 2.62. The standard InChI is InChI=1S/C28H32F3N7O2S/c1-26(2)16-18-8-13-32-20-4-3-5-23(33-20)41-36-25(39)19-6-7-21(34-24(19)37(26)17-18)38-14-9-22(35-38)40-15-12-27(10-11-27)28(29,30)31/h3-7,9,14,18H,8,10-13,15-17H2,1-2H3,(H,32,33)(H,36,39). The van der Waals surface area contributed by atoms with E-state index in [0.717, 1.165) is 43.7 Å². The minimum atomic E-state index is -4.21. The van der Waals surface area contributed by atoms with Gasteiger partial charge in [0.05, 0.1) is 17.6 Å². The van der Waals surface area contributed by atoms with E-state index in [0.29, 0.717) is 28.1 Å². The molecular formula is C28H32F3N7O2S. The monoisotopic (exact) mass is 587 g/mol. The largest absolute Gasteiger partial charge is 0.477 e. The number of hydrogen-bond acceptors (Lipinski definition) is 8. The smallest absolute Gasteiger partial charge is 0.394 e. The van der Waals surface area contributed by atoms with Gasteiger partial charge in [-0.25, -0.2) is 14.6 Å². The fourth-order valence-electron chi connectivity index (χ4n) is 5.72. The van der Waals surface area contributed by atoms with Crippen molar-refractivity contribution < 1.29 is 22.7 Å². The SMILES string of the molecule is CC1(C)CC2CCNc3cccc(n3)SNC(=O)c3ccc(-n4ccc(OCCC5(C(F)(F)F)CC5)n4)nc3N1C2. The van der Waals surface area contributed by atoms with Crippen LogP contribution in [0.4, 0.5) is 24.8 Å². The van der Waals surface area contributed by atoms with Crippen molar-refractivity contribution in [3.05, 3.63) is 48.2 Å². The number of amides is 1. The number of pyridine rings is 2. The third-order valence-electron chi connectivity index (χ3n) is 8.24. The summed E-state index contributed by atoms with van der Waals surface area (Å²) in [6, 6.07) is 10.7. The molecule has 1 atom stereocenters. The van der Waals surface area contributed by atoms with Crippen molar-refractivity contribution in [3.8, 4) is 11.7 Å². The summed E-state index contributed by atoms with van der Waals surface area (Å²) in [7, 11) is 0. The molecule has 0 radical (unpaired) electrons. The Morgan fingerprint density at radius 2 is 1.98 bits per heavy atom. The van der Waals surface area contributed by atoms with Gasteiger partial charge < -0.3 is 15.0 Å². The summed E-state index contributed by atoms with van der Waals surface area (Å²) >= 11 is 1.14. The van der Waals surface area contributed by atoms with Gasteiger partial charge in [-0.2, -0.15) is 13.2 Å². The molecule has 41 heavy (non-hydrogen) atoms. The van der Waals surface area contributed by atoms with Gasteiger partial charge in [-0.05, 0) is 76.1 Å². The molecule has 2 fully saturated rings. The minimum Gasteiger partial charge on any atom is -0.477 e. The van der Waals surface area contributed by atoms with Crippen LogP contribution in [0.1, 0.15) is 56.3 Å². The number of nitrogens with zero attached hydrogens (tertiary/aromatic N) is 5. The highest BCUT2D eigenvalue weighted by Crippen LogP contribution is 2.59. The number of anilines is 2. The number of halogens is 3. The number of fused-ring (bicyclic) bond motifs is 6. The Kier molecular flexibility index (Phi) is 7.03. The second kappa shape index (κ2) is 10.4. The van der Waals surface area contributed by atoms with Gasteiger partial charge in [0.25, 0.3) is 5.91 Å². The van der Waals surface area contributed by atoms with Gasteiger partial charge in [-0.15, -0.1) is 5.10 Å². The van der Waals surface area contributed by atoms with Crippen molar-refractivity contribution in [3.63, 3.8) is 0 Å². The number of hydrogen-bond donors (Lipinski definition) is 2. The molecule has 1 saturated carbocycles. The molecule has 9 nitrogen and oxygen atoms in total. The summed E-state index contributed by atoms with van der Waals surface area (Å²) in [5, 5.41) is 8.46.